The Bertz CT molecular complexity index is 701. The molecule has 1 saturated heterocycles. The average molecular weight is 332 g/mol. The molecular weight excluding hydrogens is 312 g/mol. The van der Waals surface area contributed by atoms with Crippen molar-refractivity contribution in [3.05, 3.63) is 40.3 Å². The zero-order valence-electron chi connectivity index (χ0n) is 13.3. The van der Waals surface area contributed by atoms with Gasteiger partial charge in [-0.05, 0) is 25.8 Å². The molecule has 0 aliphatic carbocycles. The number of likely N-dealkylation sites (tertiary alicyclic amines) is 1. The maximum atomic E-state index is 10.9. The molecular formula is C16H20N4O4. The highest BCUT2D eigenvalue weighted by Gasteiger charge is 2.24. The maximum absolute atomic E-state index is 10.9. The van der Waals surface area contributed by atoms with Crippen LogP contribution in [-0.2, 0) is 6.54 Å². The first-order chi connectivity index (χ1) is 11.7. The molecule has 0 spiro atoms. The van der Waals surface area contributed by atoms with Gasteiger partial charge in [0.15, 0.2) is 0 Å². The Morgan fingerprint density at radius 3 is 3.08 bits per heavy atom. The lowest BCUT2D eigenvalue weighted by Gasteiger charge is -2.34. The minimum atomic E-state index is -0.447. The van der Waals surface area contributed by atoms with E-state index in [4.69, 9.17) is 4.52 Å². The molecule has 24 heavy (non-hydrogen) atoms. The molecule has 1 aliphatic heterocycles. The molecule has 1 aromatic heterocycles. The molecule has 1 N–H and O–H groups in total. The Morgan fingerprint density at radius 1 is 1.42 bits per heavy atom. The summed E-state index contributed by atoms with van der Waals surface area (Å²) in [6.07, 6.45) is 4.09. The van der Waals surface area contributed by atoms with E-state index in [0.29, 0.717) is 29.9 Å². The molecule has 8 nitrogen and oxygen atoms in total. The van der Waals surface area contributed by atoms with Gasteiger partial charge in [0, 0.05) is 30.3 Å². The summed E-state index contributed by atoms with van der Waals surface area (Å²) in [6.45, 7) is 1.65. The lowest BCUT2D eigenvalue weighted by molar-refractivity contribution is -0.384. The normalized spacial score (nSPS) is 18.6. The molecule has 3 rings (SSSR count). The van der Waals surface area contributed by atoms with Gasteiger partial charge in [0.25, 0.3) is 5.69 Å². The quantitative estimate of drug-likeness (QED) is 0.639. The first kappa shape index (κ1) is 16.5. The molecule has 0 saturated carbocycles. The molecule has 1 unspecified atom stereocenters. The second-order valence-corrected chi connectivity index (χ2v) is 5.95. The highest BCUT2D eigenvalue weighted by molar-refractivity contribution is 5.58. The summed E-state index contributed by atoms with van der Waals surface area (Å²) in [5, 5.41) is 24.0. The molecule has 8 heteroatoms. The number of hydrogen-bond acceptors (Lipinski definition) is 7. The fraction of sp³-hybridized carbons (Fsp3) is 0.500. The standard InChI is InChI=1S/C16H20N4O4/c21-9-7-13-5-1-2-8-19(13)11-15-17-16(18-24-15)12-4-3-6-14(10-12)20(22)23/h3-4,6,10,13,21H,1-2,5,7-9,11H2. The zero-order chi connectivity index (χ0) is 16.9. The average Bonchev–Trinajstić information content (AvgIpc) is 3.05. The van der Waals surface area contributed by atoms with Crippen LogP contribution in [0.3, 0.4) is 0 Å². The van der Waals surface area contributed by atoms with Crippen LogP contribution < -0.4 is 0 Å². The molecule has 2 heterocycles. The van der Waals surface area contributed by atoms with Crippen LogP contribution in [0, 0.1) is 10.1 Å². The van der Waals surface area contributed by atoms with Gasteiger partial charge in [-0.2, -0.15) is 4.98 Å². The Kier molecular flexibility index (Phi) is 5.17. The third-order valence-corrected chi connectivity index (χ3v) is 4.33. The molecule has 1 aromatic carbocycles. The van der Waals surface area contributed by atoms with E-state index in [-0.39, 0.29) is 12.3 Å². The molecule has 0 radical (unpaired) electrons. The Hall–Kier alpha value is -2.32. The number of rotatable bonds is 6. The van der Waals surface area contributed by atoms with Crippen LogP contribution in [0.1, 0.15) is 31.6 Å². The number of nitro groups is 1. The number of non-ortho nitro benzene ring substituents is 1. The molecule has 1 aliphatic rings. The van der Waals surface area contributed by atoms with E-state index in [9.17, 15) is 15.2 Å². The van der Waals surface area contributed by atoms with Crippen molar-refractivity contribution < 1.29 is 14.6 Å². The Balaban J connectivity index is 1.73. The van der Waals surface area contributed by atoms with Crippen molar-refractivity contribution in [1.29, 1.82) is 0 Å². The highest BCUT2D eigenvalue weighted by Crippen LogP contribution is 2.24. The molecule has 0 amide bonds. The van der Waals surface area contributed by atoms with Crippen LogP contribution in [0.25, 0.3) is 11.4 Å². The van der Waals surface area contributed by atoms with Crippen LogP contribution in [0.5, 0.6) is 0 Å². The third-order valence-electron chi connectivity index (χ3n) is 4.33. The third kappa shape index (κ3) is 3.77. The fourth-order valence-electron chi connectivity index (χ4n) is 3.11. The smallest absolute Gasteiger partial charge is 0.270 e. The van der Waals surface area contributed by atoms with Gasteiger partial charge in [-0.25, -0.2) is 0 Å². The van der Waals surface area contributed by atoms with Gasteiger partial charge in [-0.1, -0.05) is 23.7 Å². The monoisotopic (exact) mass is 332 g/mol. The predicted octanol–water partition coefficient (Wildman–Crippen LogP) is 2.38. The van der Waals surface area contributed by atoms with Crippen LogP contribution in [0.2, 0.25) is 0 Å². The summed E-state index contributed by atoms with van der Waals surface area (Å²) in [7, 11) is 0. The van der Waals surface area contributed by atoms with Gasteiger partial charge >= 0.3 is 0 Å². The fourth-order valence-corrected chi connectivity index (χ4v) is 3.11. The molecule has 1 fully saturated rings. The summed E-state index contributed by atoms with van der Waals surface area (Å²) in [4.78, 5) is 17.0. The van der Waals surface area contributed by atoms with E-state index in [1.807, 2.05) is 0 Å². The van der Waals surface area contributed by atoms with Crippen molar-refractivity contribution in [3.63, 3.8) is 0 Å². The van der Waals surface area contributed by atoms with Crippen molar-refractivity contribution in [2.75, 3.05) is 13.2 Å². The topological polar surface area (TPSA) is 106 Å². The first-order valence-electron chi connectivity index (χ1n) is 8.09. The van der Waals surface area contributed by atoms with Gasteiger partial charge < -0.3 is 9.63 Å². The number of aliphatic hydroxyl groups excluding tert-OH is 1. The van der Waals surface area contributed by atoms with Gasteiger partial charge in [-0.15, -0.1) is 0 Å². The molecule has 0 bridgehead atoms. The Morgan fingerprint density at radius 2 is 2.29 bits per heavy atom. The lowest BCUT2D eigenvalue weighted by Crippen LogP contribution is -2.39. The van der Waals surface area contributed by atoms with Crippen molar-refractivity contribution in [2.45, 2.75) is 38.3 Å². The number of piperidine rings is 1. The van der Waals surface area contributed by atoms with E-state index in [1.54, 1.807) is 12.1 Å². The largest absolute Gasteiger partial charge is 0.396 e. The molecule has 1 atom stereocenters. The number of benzene rings is 1. The van der Waals surface area contributed by atoms with Gasteiger partial charge in [0.05, 0.1) is 11.5 Å². The van der Waals surface area contributed by atoms with Gasteiger partial charge in [0.2, 0.25) is 11.7 Å². The van der Waals surface area contributed by atoms with Gasteiger partial charge in [-0.3, -0.25) is 15.0 Å². The SMILES string of the molecule is O=[N+]([O-])c1cccc(-c2noc(CN3CCCCC3CCO)n2)c1. The number of aromatic nitrogens is 2. The van der Waals surface area contributed by atoms with Gasteiger partial charge in [0.1, 0.15) is 0 Å². The predicted molar refractivity (Wildman–Crippen MR) is 86.1 cm³/mol. The van der Waals surface area contributed by atoms with Crippen LogP contribution in [-0.4, -0.2) is 44.3 Å². The van der Waals surface area contributed by atoms with E-state index in [1.165, 1.54) is 18.6 Å². The van der Waals surface area contributed by atoms with Crippen molar-refractivity contribution in [3.8, 4) is 11.4 Å². The van der Waals surface area contributed by atoms with E-state index >= 15 is 0 Å². The summed E-state index contributed by atoms with van der Waals surface area (Å²) in [6, 6.07) is 6.52. The summed E-state index contributed by atoms with van der Waals surface area (Å²) >= 11 is 0. The minimum absolute atomic E-state index is 0.00195. The second kappa shape index (κ2) is 7.50. The summed E-state index contributed by atoms with van der Waals surface area (Å²) in [5.41, 5.74) is 0.558. The van der Waals surface area contributed by atoms with Crippen molar-refractivity contribution in [2.24, 2.45) is 0 Å². The van der Waals surface area contributed by atoms with Crippen LogP contribution in [0.15, 0.2) is 28.8 Å². The maximum Gasteiger partial charge on any atom is 0.270 e. The van der Waals surface area contributed by atoms with Crippen LogP contribution >= 0.6 is 0 Å². The summed E-state index contributed by atoms with van der Waals surface area (Å²) in [5.74, 6) is 0.839. The number of nitrogens with zero attached hydrogens (tertiary/aromatic N) is 4. The van der Waals surface area contributed by atoms with E-state index in [0.717, 1.165) is 25.8 Å². The van der Waals surface area contributed by atoms with Crippen molar-refractivity contribution in [1.82, 2.24) is 15.0 Å². The Labute approximate surface area is 139 Å². The lowest BCUT2D eigenvalue weighted by atomic mass is 10.00. The number of nitro benzene ring substituents is 1. The number of hydrogen-bond donors (Lipinski definition) is 1. The summed E-state index contributed by atoms with van der Waals surface area (Å²) < 4.78 is 5.31. The first-order valence-corrected chi connectivity index (χ1v) is 8.09. The second-order valence-electron chi connectivity index (χ2n) is 5.95. The minimum Gasteiger partial charge on any atom is -0.396 e. The molecule has 128 valence electrons. The molecule has 2 aromatic rings. The van der Waals surface area contributed by atoms with E-state index in [2.05, 4.69) is 15.0 Å². The van der Waals surface area contributed by atoms with E-state index < -0.39 is 4.92 Å². The highest BCUT2D eigenvalue weighted by atomic mass is 16.6. The van der Waals surface area contributed by atoms with Crippen molar-refractivity contribution >= 4 is 5.69 Å². The number of aliphatic hydroxyl groups is 1. The zero-order valence-corrected chi connectivity index (χ0v) is 13.3. The van der Waals surface area contributed by atoms with Crippen LogP contribution in [0.4, 0.5) is 5.69 Å².